The van der Waals surface area contributed by atoms with Gasteiger partial charge in [0, 0.05) is 24.1 Å². The lowest BCUT2D eigenvalue weighted by Gasteiger charge is -2.22. The molecule has 2 nitrogen and oxygen atoms in total. The zero-order valence-electron chi connectivity index (χ0n) is 11.6. The highest BCUT2D eigenvalue weighted by Gasteiger charge is 2.09. The Balaban J connectivity index is 2.19. The summed E-state index contributed by atoms with van der Waals surface area (Å²) in [4.78, 5) is 2.13. The smallest absolute Gasteiger partial charge is 0.0642 e. The van der Waals surface area contributed by atoms with Gasteiger partial charge in [-0.05, 0) is 42.3 Å². The summed E-state index contributed by atoms with van der Waals surface area (Å²) in [6.45, 7) is 2.76. The Morgan fingerprint density at radius 1 is 1.25 bits per heavy atom. The molecule has 2 rings (SSSR count). The summed E-state index contributed by atoms with van der Waals surface area (Å²) in [6, 6.07) is 14.3. The second-order valence-corrected chi connectivity index (χ2v) is 6.31. The first-order valence-electron chi connectivity index (χ1n) is 6.48. The van der Waals surface area contributed by atoms with Crippen LogP contribution in [-0.2, 0) is 6.54 Å². The van der Waals surface area contributed by atoms with E-state index in [0.717, 1.165) is 27.3 Å². The number of halogens is 2. The minimum atomic E-state index is -0.00284. The lowest BCUT2D eigenvalue weighted by Crippen LogP contribution is -2.17. The Morgan fingerprint density at radius 2 is 2.00 bits per heavy atom. The Bertz CT molecular complexity index is 599. The van der Waals surface area contributed by atoms with Crippen LogP contribution in [0.1, 0.15) is 24.1 Å². The Morgan fingerprint density at radius 3 is 2.60 bits per heavy atom. The molecule has 0 aliphatic heterocycles. The maximum atomic E-state index is 6.36. The van der Waals surface area contributed by atoms with Crippen molar-refractivity contribution in [1.82, 2.24) is 0 Å². The summed E-state index contributed by atoms with van der Waals surface area (Å²) >= 11 is 9.85. The molecule has 0 unspecified atom stereocenters. The van der Waals surface area contributed by atoms with E-state index in [9.17, 15) is 0 Å². The van der Waals surface area contributed by atoms with Crippen LogP contribution in [0.15, 0.2) is 46.9 Å². The number of rotatable bonds is 4. The highest BCUT2D eigenvalue weighted by atomic mass is 79.9. The highest BCUT2D eigenvalue weighted by Crippen LogP contribution is 2.29. The minimum absolute atomic E-state index is 0.00284. The predicted molar refractivity (Wildman–Crippen MR) is 90.3 cm³/mol. The van der Waals surface area contributed by atoms with Crippen molar-refractivity contribution in [2.45, 2.75) is 19.5 Å². The fraction of sp³-hybridized carbons (Fsp3) is 0.250. The van der Waals surface area contributed by atoms with E-state index >= 15 is 0 Å². The molecule has 2 aromatic carbocycles. The van der Waals surface area contributed by atoms with E-state index in [1.165, 1.54) is 5.56 Å². The van der Waals surface area contributed by atoms with Crippen LogP contribution in [-0.4, -0.2) is 7.05 Å². The monoisotopic (exact) mass is 352 g/mol. The molecule has 0 saturated heterocycles. The van der Waals surface area contributed by atoms with Crippen LogP contribution >= 0.6 is 27.5 Å². The number of anilines is 1. The first kappa shape index (κ1) is 15.4. The summed E-state index contributed by atoms with van der Waals surface area (Å²) in [5, 5.41) is 0.734. The topological polar surface area (TPSA) is 29.3 Å². The van der Waals surface area contributed by atoms with E-state index in [0.29, 0.717) is 0 Å². The minimum Gasteiger partial charge on any atom is -0.369 e. The van der Waals surface area contributed by atoms with Crippen LogP contribution in [0.3, 0.4) is 0 Å². The van der Waals surface area contributed by atoms with Crippen molar-refractivity contribution in [1.29, 1.82) is 0 Å². The summed E-state index contributed by atoms with van der Waals surface area (Å²) < 4.78 is 1.09. The van der Waals surface area contributed by atoms with Gasteiger partial charge in [0.25, 0.3) is 0 Å². The Hall–Kier alpha value is -1.03. The second kappa shape index (κ2) is 6.61. The van der Waals surface area contributed by atoms with Crippen LogP contribution in [0.5, 0.6) is 0 Å². The van der Waals surface area contributed by atoms with Crippen molar-refractivity contribution in [3.63, 3.8) is 0 Å². The maximum absolute atomic E-state index is 6.36. The van der Waals surface area contributed by atoms with E-state index < -0.39 is 0 Å². The molecular formula is C16H18BrClN2. The summed E-state index contributed by atoms with van der Waals surface area (Å²) in [5.41, 5.74) is 9.16. The standard InChI is InChI=1S/C16H18BrClN2/c1-11(19)13-6-7-16(15(18)9-13)20(2)10-12-4-3-5-14(17)8-12/h3-9,11H,10,19H2,1-2H3/t11-/m0/s1. The van der Waals surface area contributed by atoms with Crippen LogP contribution in [0.2, 0.25) is 5.02 Å². The third-order valence-electron chi connectivity index (χ3n) is 3.22. The molecule has 0 aliphatic carbocycles. The van der Waals surface area contributed by atoms with Gasteiger partial charge in [-0.25, -0.2) is 0 Å². The molecule has 4 heteroatoms. The maximum Gasteiger partial charge on any atom is 0.0642 e. The van der Waals surface area contributed by atoms with Gasteiger partial charge in [0.1, 0.15) is 0 Å². The fourth-order valence-electron chi connectivity index (χ4n) is 2.11. The van der Waals surface area contributed by atoms with Crippen LogP contribution < -0.4 is 10.6 Å². The molecular weight excluding hydrogens is 336 g/mol. The molecule has 20 heavy (non-hydrogen) atoms. The Kier molecular flexibility index (Phi) is 5.08. The van der Waals surface area contributed by atoms with Gasteiger partial charge in [-0.1, -0.05) is 45.7 Å². The van der Waals surface area contributed by atoms with Gasteiger partial charge in [-0.15, -0.1) is 0 Å². The molecule has 0 bridgehead atoms. The molecule has 0 aliphatic rings. The molecule has 0 aromatic heterocycles. The molecule has 0 fully saturated rings. The first-order valence-corrected chi connectivity index (χ1v) is 7.65. The van der Waals surface area contributed by atoms with E-state index in [-0.39, 0.29) is 6.04 Å². The van der Waals surface area contributed by atoms with Gasteiger partial charge in [0.05, 0.1) is 10.7 Å². The number of benzene rings is 2. The zero-order chi connectivity index (χ0) is 14.7. The molecule has 0 spiro atoms. The van der Waals surface area contributed by atoms with Crippen molar-refractivity contribution in [3.8, 4) is 0 Å². The quantitative estimate of drug-likeness (QED) is 0.858. The third-order valence-corrected chi connectivity index (χ3v) is 4.01. The van der Waals surface area contributed by atoms with Crippen LogP contribution in [0, 0.1) is 0 Å². The average Bonchev–Trinajstić information content (AvgIpc) is 2.38. The van der Waals surface area contributed by atoms with Crippen molar-refractivity contribution in [3.05, 3.63) is 63.1 Å². The number of hydrogen-bond donors (Lipinski definition) is 1. The molecule has 0 radical (unpaired) electrons. The average molecular weight is 354 g/mol. The molecule has 0 amide bonds. The molecule has 2 aromatic rings. The van der Waals surface area contributed by atoms with Gasteiger partial charge in [-0.3, -0.25) is 0 Å². The first-order chi connectivity index (χ1) is 9.47. The molecule has 0 heterocycles. The summed E-state index contributed by atoms with van der Waals surface area (Å²) in [5.74, 6) is 0. The van der Waals surface area contributed by atoms with Crippen LogP contribution in [0.4, 0.5) is 5.69 Å². The normalized spacial score (nSPS) is 12.2. The van der Waals surface area contributed by atoms with Gasteiger partial charge in [-0.2, -0.15) is 0 Å². The Labute approximate surface area is 133 Å². The predicted octanol–water partition coefficient (Wildman–Crippen LogP) is 4.76. The van der Waals surface area contributed by atoms with E-state index in [1.54, 1.807) is 0 Å². The molecule has 0 saturated carbocycles. The van der Waals surface area contributed by atoms with Crippen molar-refractivity contribution >= 4 is 33.2 Å². The van der Waals surface area contributed by atoms with Crippen molar-refractivity contribution in [2.75, 3.05) is 11.9 Å². The van der Waals surface area contributed by atoms with Crippen molar-refractivity contribution < 1.29 is 0 Å². The van der Waals surface area contributed by atoms with Gasteiger partial charge in [0.15, 0.2) is 0 Å². The fourth-order valence-corrected chi connectivity index (χ4v) is 2.89. The third kappa shape index (κ3) is 3.75. The number of nitrogens with two attached hydrogens (primary N) is 1. The largest absolute Gasteiger partial charge is 0.369 e. The van der Waals surface area contributed by atoms with Gasteiger partial charge < -0.3 is 10.6 Å². The van der Waals surface area contributed by atoms with E-state index in [1.807, 2.05) is 44.3 Å². The van der Waals surface area contributed by atoms with Gasteiger partial charge in [0.2, 0.25) is 0 Å². The number of hydrogen-bond acceptors (Lipinski definition) is 2. The molecule has 1 atom stereocenters. The van der Waals surface area contributed by atoms with Crippen LogP contribution in [0.25, 0.3) is 0 Å². The van der Waals surface area contributed by atoms with E-state index in [4.69, 9.17) is 17.3 Å². The molecule has 2 N–H and O–H groups in total. The van der Waals surface area contributed by atoms with Gasteiger partial charge >= 0.3 is 0 Å². The zero-order valence-corrected chi connectivity index (χ0v) is 13.9. The summed E-state index contributed by atoms with van der Waals surface area (Å²) in [6.07, 6.45) is 0. The summed E-state index contributed by atoms with van der Waals surface area (Å²) in [7, 11) is 2.04. The SMILES string of the molecule is C[C@H](N)c1ccc(N(C)Cc2cccc(Br)c2)c(Cl)c1. The van der Waals surface area contributed by atoms with E-state index in [2.05, 4.69) is 33.0 Å². The second-order valence-electron chi connectivity index (χ2n) is 4.99. The van der Waals surface area contributed by atoms with Crippen molar-refractivity contribution in [2.24, 2.45) is 5.73 Å². The lowest BCUT2D eigenvalue weighted by atomic mass is 10.1. The highest BCUT2D eigenvalue weighted by molar-refractivity contribution is 9.10. The molecule has 106 valence electrons. The lowest BCUT2D eigenvalue weighted by molar-refractivity contribution is 0.817. The number of nitrogens with zero attached hydrogens (tertiary/aromatic N) is 1.